The zero-order valence-corrected chi connectivity index (χ0v) is 5.19. The van der Waals surface area contributed by atoms with Gasteiger partial charge in [-0.3, -0.25) is 4.55 Å². The molecule has 0 aliphatic heterocycles. The highest BCUT2D eigenvalue weighted by Gasteiger charge is 2.25. The van der Waals surface area contributed by atoms with E-state index in [4.69, 9.17) is 4.55 Å². The summed E-state index contributed by atoms with van der Waals surface area (Å²) in [6.45, 7) is 0. The second kappa shape index (κ2) is 3.17. The van der Waals surface area contributed by atoms with Gasteiger partial charge in [0.1, 0.15) is 0 Å². The van der Waals surface area contributed by atoms with Crippen LogP contribution in [0.15, 0.2) is 0 Å². The third kappa shape index (κ3) is 4.53. The van der Waals surface area contributed by atoms with Crippen molar-refractivity contribution in [3.63, 3.8) is 0 Å². The molecule has 0 aliphatic rings. The minimum Gasteiger partial charge on any atom is -0.263 e. The van der Waals surface area contributed by atoms with Gasteiger partial charge in [0, 0.05) is 0 Å². The van der Waals surface area contributed by atoms with Gasteiger partial charge in [0.05, 0.1) is 0 Å². The molecular weight excluding hydrogens is 177 g/mol. The largest absolute Gasteiger partial charge is 0.400 e. The molecule has 0 radical (unpaired) electrons. The third-order valence-corrected chi connectivity index (χ3v) is 0.839. The summed E-state index contributed by atoms with van der Waals surface area (Å²) in [7, 11) is -5.12. The zero-order chi connectivity index (χ0) is 8.36. The molecule has 4 nitrogen and oxygen atoms in total. The Balaban J connectivity index is 3.93. The molecule has 1 unspecified atom stereocenters. The molecule has 0 fully saturated rings. The van der Waals surface area contributed by atoms with Gasteiger partial charge in [-0.1, -0.05) is 0 Å². The van der Waals surface area contributed by atoms with E-state index in [9.17, 15) is 21.6 Å². The Morgan fingerprint density at radius 2 is 1.70 bits per heavy atom. The number of alkyl halides is 3. The maximum atomic E-state index is 11.5. The first-order valence-corrected chi connectivity index (χ1v) is 3.27. The summed E-state index contributed by atoms with van der Waals surface area (Å²) in [6.07, 6.45) is -6.91. The lowest BCUT2D eigenvalue weighted by atomic mass is 10.7. The van der Waals surface area contributed by atoms with Crippen molar-refractivity contribution in [3.05, 3.63) is 0 Å². The fourth-order valence-corrected chi connectivity index (χ4v) is 0.474. The molecule has 10 heavy (non-hydrogen) atoms. The monoisotopic (exact) mass is 180 g/mol. The lowest BCUT2D eigenvalue weighted by molar-refractivity contribution is -0.0682. The van der Waals surface area contributed by atoms with E-state index < -0.39 is 23.2 Å². The summed E-state index contributed by atoms with van der Waals surface area (Å²) in [5.41, 5.74) is 0. The van der Waals surface area contributed by atoms with Crippen LogP contribution in [0.25, 0.3) is 0 Å². The molecule has 0 spiro atoms. The van der Waals surface area contributed by atoms with Gasteiger partial charge in [-0.15, -0.1) is 0 Å². The molecular formula is C2H3F3O4S. The zero-order valence-electron chi connectivity index (χ0n) is 4.37. The van der Waals surface area contributed by atoms with Crippen molar-refractivity contribution >= 4 is 10.4 Å². The van der Waals surface area contributed by atoms with Gasteiger partial charge in [0.25, 0.3) is 12.8 Å². The molecule has 0 aromatic rings. The van der Waals surface area contributed by atoms with Crippen LogP contribution in [0.1, 0.15) is 0 Å². The van der Waals surface area contributed by atoms with Gasteiger partial charge in [0.2, 0.25) is 0 Å². The minimum absolute atomic E-state index is 2.81. The molecule has 0 aromatic carbocycles. The predicted octanol–water partition coefficient (Wildman–Crippen LogP) is 0.367. The summed E-state index contributed by atoms with van der Waals surface area (Å²) in [6, 6.07) is 0. The second-order valence-electron chi connectivity index (χ2n) is 1.21. The molecule has 0 aliphatic carbocycles. The number of halogens is 3. The maximum absolute atomic E-state index is 11.5. The van der Waals surface area contributed by atoms with Crippen LogP contribution in [0.2, 0.25) is 0 Å². The quantitative estimate of drug-likeness (QED) is 0.637. The molecule has 1 N–H and O–H groups in total. The maximum Gasteiger partial charge on any atom is 0.400 e. The molecule has 0 heterocycles. The van der Waals surface area contributed by atoms with E-state index in [1.165, 1.54) is 0 Å². The summed E-state index contributed by atoms with van der Waals surface area (Å²) >= 11 is 0. The van der Waals surface area contributed by atoms with Gasteiger partial charge in [0.15, 0.2) is 0 Å². The summed E-state index contributed by atoms with van der Waals surface area (Å²) in [5.74, 6) is 0. The Hall–Kier alpha value is -0.340. The van der Waals surface area contributed by atoms with E-state index in [1.54, 1.807) is 0 Å². The average molecular weight is 180 g/mol. The molecule has 0 rings (SSSR count). The molecule has 8 heteroatoms. The summed E-state index contributed by atoms with van der Waals surface area (Å²) < 4.78 is 63.1. The molecule has 0 aromatic heterocycles. The van der Waals surface area contributed by atoms with Crippen LogP contribution in [0.4, 0.5) is 13.2 Å². The van der Waals surface area contributed by atoms with Crippen molar-refractivity contribution in [2.75, 3.05) is 0 Å². The molecule has 0 bridgehead atoms. The first-order chi connectivity index (χ1) is 4.33. The molecule has 1 atom stereocenters. The lowest BCUT2D eigenvalue weighted by Crippen LogP contribution is -2.20. The van der Waals surface area contributed by atoms with Crippen molar-refractivity contribution in [3.8, 4) is 0 Å². The van der Waals surface area contributed by atoms with Gasteiger partial charge in [-0.25, -0.2) is 17.4 Å². The Kier molecular flexibility index (Phi) is 3.06. The third-order valence-electron chi connectivity index (χ3n) is 0.412. The van der Waals surface area contributed by atoms with E-state index in [0.29, 0.717) is 0 Å². The van der Waals surface area contributed by atoms with E-state index in [0.717, 1.165) is 0 Å². The van der Waals surface area contributed by atoms with Crippen LogP contribution in [0, 0.1) is 0 Å². The Morgan fingerprint density at radius 3 is 1.80 bits per heavy atom. The first-order valence-electron chi connectivity index (χ1n) is 1.91. The van der Waals surface area contributed by atoms with Gasteiger partial charge < -0.3 is 0 Å². The molecule has 62 valence electrons. The van der Waals surface area contributed by atoms with E-state index in [1.807, 2.05) is 0 Å². The van der Waals surface area contributed by atoms with E-state index in [-0.39, 0.29) is 0 Å². The topological polar surface area (TPSA) is 63.6 Å². The predicted molar refractivity (Wildman–Crippen MR) is 23.5 cm³/mol. The smallest absolute Gasteiger partial charge is 0.263 e. The van der Waals surface area contributed by atoms with Crippen LogP contribution in [0.3, 0.4) is 0 Å². The molecule has 0 amide bonds. The minimum atomic E-state index is -5.12. The van der Waals surface area contributed by atoms with E-state index in [2.05, 4.69) is 4.18 Å². The van der Waals surface area contributed by atoms with Crippen molar-refractivity contribution in [2.24, 2.45) is 0 Å². The van der Waals surface area contributed by atoms with Crippen molar-refractivity contribution in [1.29, 1.82) is 0 Å². The Morgan fingerprint density at radius 1 is 1.30 bits per heavy atom. The van der Waals surface area contributed by atoms with Crippen LogP contribution in [-0.2, 0) is 14.6 Å². The number of rotatable bonds is 3. The van der Waals surface area contributed by atoms with Crippen molar-refractivity contribution in [1.82, 2.24) is 0 Å². The second-order valence-corrected chi connectivity index (χ2v) is 2.26. The lowest BCUT2D eigenvalue weighted by Gasteiger charge is -2.03. The van der Waals surface area contributed by atoms with Crippen molar-refractivity contribution < 1.29 is 30.3 Å². The van der Waals surface area contributed by atoms with Gasteiger partial charge in [-0.2, -0.15) is 8.42 Å². The normalized spacial score (nSPS) is 15.7. The highest BCUT2D eigenvalue weighted by atomic mass is 32.3. The summed E-state index contributed by atoms with van der Waals surface area (Å²) in [4.78, 5) is 0. The van der Waals surface area contributed by atoms with Gasteiger partial charge in [-0.05, 0) is 0 Å². The van der Waals surface area contributed by atoms with Crippen LogP contribution in [-0.4, -0.2) is 25.8 Å². The Bertz CT molecular complexity index is 187. The van der Waals surface area contributed by atoms with Crippen molar-refractivity contribution in [2.45, 2.75) is 12.8 Å². The van der Waals surface area contributed by atoms with Crippen LogP contribution < -0.4 is 0 Å². The first kappa shape index (κ1) is 9.66. The number of hydrogen-bond donors (Lipinski definition) is 1. The highest BCUT2D eigenvalue weighted by Crippen LogP contribution is 2.08. The molecule has 0 saturated heterocycles. The standard InChI is InChI=1S/C2H3F3O4S/c3-1(4)2(5)9-10(6,7)8/h1-2H,(H,6,7,8). The fourth-order valence-electron chi connectivity index (χ4n) is 0.158. The van der Waals surface area contributed by atoms with Gasteiger partial charge >= 0.3 is 10.4 Å². The number of hydrogen-bond acceptors (Lipinski definition) is 3. The highest BCUT2D eigenvalue weighted by molar-refractivity contribution is 7.80. The van der Waals surface area contributed by atoms with Crippen LogP contribution >= 0.6 is 0 Å². The fraction of sp³-hybridized carbons (Fsp3) is 1.00. The van der Waals surface area contributed by atoms with Crippen LogP contribution in [0.5, 0.6) is 0 Å². The molecule has 0 saturated carbocycles. The Labute approximate surface area is 54.6 Å². The van der Waals surface area contributed by atoms with E-state index >= 15 is 0 Å². The summed E-state index contributed by atoms with van der Waals surface area (Å²) in [5, 5.41) is 0. The SMILES string of the molecule is O=S(=O)(O)OC(F)C(F)F. The average Bonchev–Trinajstić information content (AvgIpc) is 1.60.